The first-order valence-corrected chi connectivity index (χ1v) is 4.20. The van der Waals surface area contributed by atoms with Crippen molar-refractivity contribution >= 4 is 0 Å². The van der Waals surface area contributed by atoms with Gasteiger partial charge in [-0.3, -0.25) is 5.84 Å². The quantitative estimate of drug-likeness (QED) is 0.539. The van der Waals surface area contributed by atoms with E-state index in [1.165, 1.54) is 11.1 Å². The Kier molecular flexibility index (Phi) is 3.26. The number of rotatable bonds is 3. The highest BCUT2D eigenvalue weighted by Crippen LogP contribution is 2.03. The van der Waals surface area contributed by atoms with E-state index >= 15 is 0 Å². The summed E-state index contributed by atoms with van der Waals surface area (Å²) in [5.74, 6) is 5.50. The molecule has 2 heteroatoms. The Morgan fingerprint density at radius 1 is 1.25 bits per heavy atom. The summed E-state index contributed by atoms with van der Waals surface area (Å²) >= 11 is 0. The first kappa shape index (κ1) is 9.23. The van der Waals surface area contributed by atoms with Crippen LogP contribution in [0.2, 0.25) is 0 Å². The fourth-order valence-corrected chi connectivity index (χ4v) is 1.06. The second-order valence-electron chi connectivity index (χ2n) is 3.22. The Morgan fingerprint density at radius 3 is 2.33 bits per heavy atom. The fraction of sp³-hybridized carbons (Fsp3) is 0.400. The number of hydrazine groups is 1. The molecule has 1 rings (SSSR count). The van der Waals surface area contributed by atoms with Gasteiger partial charge in [0.25, 0.3) is 0 Å². The molecular formula is C10H16N2. The van der Waals surface area contributed by atoms with Crippen LogP contribution in [0.25, 0.3) is 0 Å². The van der Waals surface area contributed by atoms with Crippen molar-refractivity contribution < 1.29 is 0 Å². The highest BCUT2D eigenvalue weighted by atomic mass is 15.4. The van der Waals surface area contributed by atoms with E-state index in [0.29, 0.717) is 0 Å². The highest BCUT2D eigenvalue weighted by molar-refractivity contribution is 5.21. The van der Waals surface area contributed by atoms with Gasteiger partial charge in [-0.15, -0.1) is 0 Å². The van der Waals surface area contributed by atoms with Crippen LogP contribution in [0.1, 0.15) is 11.1 Å². The predicted octanol–water partition coefficient (Wildman–Crippen LogP) is 1.34. The molecule has 0 spiro atoms. The van der Waals surface area contributed by atoms with Crippen molar-refractivity contribution in [1.82, 2.24) is 5.01 Å². The lowest BCUT2D eigenvalue weighted by molar-refractivity contribution is 0.354. The standard InChI is InChI=1S/C10H16N2/c1-9-3-5-10(6-4-9)7-8-12(2)11/h3-6H,7-8,11H2,1-2H3. The van der Waals surface area contributed by atoms with Gasteiger partial charge in [0, 0.05) is 13.6 Å². The molecule has 0 saturated heterocycles. The van der Waals surface area contributed by atoms with Crippen molar-refractivity contribution in [2.75, 3.05) is 13.6 Å². The van der Waals surface area contributed by atoms with Crippen LogP contribution in [0.4, 0.5) is 0 Å². The molecule has 0 heterocycles. The van der Waals surface area contributed by atoms with Gasteiger partial charge in [0.2, 0.25) is 0 Å². The molecule has 2 nitrogen and oxygen atoms in total. The monoisotopic (exact) mass is 164 g/mol. The van der Waals surface area contributed by atoms with Crippen LogP contribution < -0.4 is 5.84 Å². The maximum Gasteiger partial charge on any atom is 0.0165 e. The molecule has 0 saturated carbocycles. The normalized spacial score (nSPS) is 10.7. The largest absolute Gasteiger partial charge is 0.269 e. The van der Waals surface area contributed by atoms with E-state index in [-0.39, 0.29) is 0 Å². The van der Waals surface area contributed by atoms with Crippen molar-refractivity contribution in [3.63, 3.8) is 0 Å². The third kappa shape index (κ3) is 3.03. The second-order valence-corrected chi connectivity index (χ2v) is 3.22. The summed E-state index contributed by atoms with van der Waals surface area (Å²) in [6, 6.07) is 8.56. The van der Waals surface area contributed by atoms with Crippen LogP contribution in [-0.4, -0.2) is 18.6 Å². The summed E-state index contributed by atoms with van der Waals surface area (Å²) in [5, 5.41) is 1.71. The summed E-state index contributed by atoms with van der Waals surface area (Å²) in [6.45, 7) is 3.00. The van der Waals surface area contributed by atoms with Gasteiger partial charge in [-0.2, -0.15) is 0 Å². The smallest absolute Gasteiger partial charge is 0.0165 e. The SMILES string of the molecule is Cc1ccc(CCN(C)N)cc1. The molecular weight excluding hydrogens is 148 g/mol. The highest BCUT2D eigenvalue weighted by Gasteiger charge is 1.93. The van der Waals surface area contributed by atoms with E-state index in [0.717, 1.165) is 13.0 Å². The predicted molar refractivity (Wildman–Crippen MR) is 51.7 cm³/mol. The van der Waals surface area contributed by atoms with E-state index in [4.69, 9.17) is 5.84 Å². The molecule has 0 fully saturated rings. The second kappa shape index (κ2) is 4.24. The number of benzene rings is 1. The molecule has 1 aromatic rings. The van der Waals surface area contributed by atoms with Crippen LogP contribution in [0.5, 0.6) is 0 Å². The van der Waals surface area contributed by atoms with Gasteiger partial charge in [0.1, 0.15) is 0 Å². The number of hydrogen-bond acceptors (Lipinski definition) is 2. The minimum absolute atomic E-state index is 0.906. The number of likely N-dealkylation sites (N-methyl/N-ethyl adjacent to an activating group) is 1. The molecule has 0 aliphatic heterocycles. The molecule has 0 radical (unpaired) electrons. The first-order valence-electron chi connectivity index (χ1n) is 4.20. The molecule has 1 aromatic carbocycles. The molecule has 0 atom stereocenters. The minimum atomic E-state index is 0.906. The number of hydrogen-bond donors (Lipinski definition) is 1. The molecule has 0 aliphatic carbocycles. The van der Waals surface area contributed by atoms with E-state index < -0.39 is 0 Å². The minimum Gasteiger partial charge on any atom is -0.269 e. The van der Waals surface area contributed by atoms with Gasteiger partial charge in [0.05, 0.1) is 0 Å². The van der Waals surface area contributed by atoms with Gasteiger partial charge < -0.3 is 0 Å². The van der Waals surface area contributed by atoms with E-state index in [9.17, 15) is 0 Å². The molecule has 2 N–H and O–H groups in total. The Balaban J connectivity index is 2.48. The van der Waals surface area contributed by atoms with Crippen LogP contribution in [0.3, 0.4) is 0 Å². The van der Waals surface area contributed by atoms with E-state index in [1.54, 1.807) is 5.01 Å². The van der Waals surface area contributed by atoms with Gasteiger partial charge >= 0.3 is 0 Å². The van der Waals surface area contributed by atoms with Gasteiger partial charge in [-0.1, -0.05) is 29.8 Å². The number of nitrogens with two attached hydrogens (primary N) is 1. The van der Waals surface area contributed by atoms with Gasteiger partial charge in [0.15, 0.2) is 0 Å². The van der Waals surface area contributed by atoms with Crippen molar-refractivity contribution in [3.8, 4) is 0 Å². The van der Waals surface area contributed by atoms with E-state index in [2.05, 4.69) is 31.2 Å². The topological polar surface area (TPSA) is 29.3 Å². The lowest BCUT2D eigenvalue weighted by Crippen LogP contribution is -2.28. The summed E-state index contributed by atoms with van der Waals surface area (Å²) in [6.07, 6.45) is 1.02. The van der Waals surface area contributed by atoms with Crippen molar-refractivity contribution in [2.45, 2.75) is 13.3 Å². The Bertz CT molecular complexity index is 226. The summed E-state index contributed by atoms with van der Waals surface area (Å²) in [7, 11) is 1.88. The van der Waals surface area contributed by atoms with Crippen LogP contribution in [-0.2, 0) is 6.42 Å². The molecule has 66 valence electrons. The fourth-order valence-electron chi connectivity index (χ4n) is 1.06. The van der Waals surface area contributed by atoms with Crippen molar-refractivity contribution in [3.05, 3.63) is 35.4 Å². The molecule has 0 bridgehead atoms. The molecule has 0 aromatic heterocycles. The Labute approximate surface area is 74.0 Å². The van der Waals surface area contributed by atoms with Gasteiger partial charge in [-0.25, -0.2) is 5.01 Å². The number of nitrogens with zero attached hydrogens (tertiary/aromatic N) is 1. The zero-order chi connectivity index (χ0) is 8.97. The zero-order valence-corrected chi connectivity index (χ0v) is 7.75. The van der Waals surface area contributed by atoms with Crippen molar-refractivity contribution in [1.29, 1.82) is 0 Å². The third-order valence-corrected chi connectivity index (χ3v) is 1.87. The Morgan fingerprint density at radius 2 is 1.83 bits per heavy atom. The average Bonchev–Trinajstić information content (AvgIpc) is 2.03. The third-order valence-electron chi connectivity index (χ3n) is 1.87. The summed E-state index contributed by atoms with van der Waals surface area (Å²) in [4.78, 5) is 0. The molecule has 0 amide bonds. The summed E-state index contributed by atoms with van der Waals surface area (Å²) < 4.78 is 0. The molecule has 12 heavy (non-hydrogen) atoms. The zero-order valence-electron chi connectivity index (χ0n) is 7.75. The summed E-state index contributed by atoms with van der Waals surface area (Å²) in [5.41, 5.74) is 2.65. The van der Waals surface area contributed by atoms with Gasteiger partial charge in [-0.05, 0) is 18.9 Å². The average molecular weight is 164 g/mol. The van der Waals surface area contributed by atoms with Crippen LogP contribution in [0.15, 0.2) is 24.3 Å². The van der Waals surface area contributed by atoms with Crippen LogP contribution in [0, 0.1) is 6.92 Å². The maximum absolute atomic E-state index is 5.50. The van der Waals surface area contributed by atoms with Crippen LogP contribution >= 0.6 is 0 Å². The Hall–Kier alpha value is -0.860. The maximum atomic E-state index is 5.50. The molecule has 0 aliphatic rings. The van der Waals surface area contributed by atoms with E-state index in [1.807, 2.05) is 7.05 Å². The lowest BCUT2D eigenvalue weighted by atomic mass is 10.1. The van der Waals surface area contributed by atoms with Crippen molar-refractivity contribution in [2.24, 2.45) is 5.84 Å². The number of aryl methyl sites for hydroxylation is 1. The molecule has 0 unspecified atom stereocenters. The first-order chi connectivity index (χ1) is 5.68. The lowest BCUT2D eigenvalue weighted by Gasteiger charge is -2.08.